The molecule has 0 unspecified atom stereocenters. The van der Waals surface area contributed by atoms with Crippen molar-refractivity contribution in [3.05, 3.63) is 70.3 Å². The fourth-order valence-corrected chi connectivity index (χ4v) is 1.84. The minimum absolute atomic E-state index is 0.0286. The maximum atomic E-state index is 10.7. The Morgan fingerprint density at radius 1 is 1.15 bits per heavy atom. The first-order chi connectivity index (χ1) is 9.65. The summed E-state index contributed by atoms with van der Waals surface area (Å²) in [6.07, 6.45) is 0. The molecule has 0 fully saturated rings. The number of nitrogens with zero attached hydrogens (tertiary/aromatic N) is 1. The largest absolute Gasteiger partial charge is 0.358 e. The number of nitro benzene ring substituents is 1. The van der Waals surface area contributed by atoms with Crippen LogP contribution < -0.4 is 10.6 Å². The van der Waals surface area contributed by atoms with Gasteiger partial charge in [-0.2, -0.15) is 0 Å². The van der Waals surface area contributed by atoms with Crippen molar-refractivity contribution in [2.24, 2.45) is 0 Å². The minimum Gasteiger partial charge on any atom is -0.358 e. The molecular formula is C14H13N3O2S. The summed E-state index contributed by atoms with van der Waals surface area (Å²) >= 11 is 5.15. The van der Waals surface area contributed by atoms with E-state index in [9.17, 15) is 10.1 Å². The smallest absolute Gasteiger partial charge is 0.271 e. The van der Waals surface area contributed by atoms with Crippen LogP contribution in [0.1, 0.15) is 5.56 Å². The van der Waals surface area contributed by atoms with Gasteiger partial charge in [-0.05, 0) is 23.8 Å². The van der Waals surface area contributed by atoms with Gasteiger partial charge in [0.2, 0.25) is 0 Å². The molecule has 0 aliphatic carbocycles. The highest BCUT2D eigenvalue weighted by Crippen LogP contribution is 2.16. The Labute approximate surface area is 121 Å². The van der Waals surface area contributed by atoms with Crippen LogP contribution in [0.2, 0.25) is 0 Å². The highest BCUT2D eigenvalue weighted by molar-refractivity contribution is 7.80. The van der Waals surface area contributed by atoms with E-state index in [1.54, 1.807) is 12.1 Å². The van der Waals surface area contributed by atoms with Crippen LogP contribution in [0.5, 0.6) is 0 Å². The Balaban J connectivity index is 1.91. The van der Waals surface area contributed by atoms with E-state index < -0.39 is 4.92 Å². The number of non-ortho nitro benzene ring substituents is 1. The molecule has 0 aromatic heterocycles. The average Bonchev–Trinajstić information content (AvgIpc) is 2.46. The number of nitrogens with one attached hydrogen (secondary N) is 2. The van der Waals surface area contributed by atoms with E-state index in [0.29, 0.717) is 17.3 Å². The van der Waals surface area contributed by atoms with Crippen LogP contribution in [-0.4, -0.2) is 10.0 Å². The molecule has 0 aliphatic heterocycles. The van der Waals surface area contributed by atoms with Crippen molar-refractivity contribution in [2.45, 2.75) is 6.54 Å². The second-order valence-electron chi connectivity index (χ2n) is 4.10. The van der Waals surface area contributed by atoms with Gasteiger partial charge in [-0.25, -0.2) is 0 Å². The van der Waals surface area contributed by atoms with Gasteiger partial charge in [0.05, 0.1) is 4.92 Å². The molecule has 0 saturated carbocycles. The molecule has 0 radical (unpaired) electrons. The summed E-state index contributed by atoms with van der Waals surface area (Å²) in [6.45, 7) is 0.599. The predicted octanol–water partition coefficient (Wildman–Crippen LogP) is 3.08. The molecule has 0 saturated heterocycles. The molecule has 5 nitrogen and oxygen atoms in total. The number of hydrogen-bond donors (Lipinski definition) is 2. The first-order valence-electron chi connectivity index (χ1n) is 5.98. The van der Waals surface area contributed by atoms with Gasteiger partial charge >= 0.3 is 0 Å². The quantitative estimate of drug-likeness (QED) is 0.514. The van der Waals surface area contributed by atoms with E-state index in [0.717, 1.165) is 5.56 Å². The van der Waals surface area contributed by atoms with Crippen LogP contribution in [0.3, 0.4) is 0 Å². The van der Waals surface area contributed by atoms with Crippen LogP contribution in [0.15, 0.2) is 54.6 Å². The number of anilines is 1. The van der Waals surface area contributed by atoms with Crippen molar-refractivity contribution in [2.75, 3.05) is 5.32 Å². The second-order valence-corrected chi connectivity index (χ2v) is 4.51. The van der Waals surface area contributed by atoms with Crippen LogP contribution in [0.4, 0.5) is 11.4 Å². The average molecular weight is 287 g/mol. The molecule has 0 aliphatic rings. The van der Waals surface area contributed by atoms with Crippen molar-refractivity contribution in [3.8, 4) is 0 Å². The van der Waals surface area contributed by atoms with E-state index in [-0.39, 0.29) is 5.69 Å². The molecular weight excluding hydrogens is 274 g/mol. The Bertz CT molecular complexity index is 617. The van der Waals surface area contributed by atoms with E-state index >= 15 is 0 Å². The van der Waals surface area contributed by atoms with Crippen LogP contribution in [0.25, 0.3) is 0 Å². The van der Waals surface area contributed by atoms with Gasteiger partial charge in [0, 0.05) is 24.4 Å². The van der Waals surface area contributed by atoms with Crippen LogP contribution in [-0.2, 0) is 6.54 Å². The summed E-state index contributed by atoms with van der Waals surface area (Å²) in [6, 6.07) is 16.0. The Hall–Kier alpha value is -2.47. The van der Waals surface area contributed by atoms with Gasteiger partial charge < -0.3 is 10.6 Å². The van der Waals surface area contributed by atoms with Crippen LogP contribution >= 0.6 is 12.2 Å². The van der Waals surface area contributed by atoms with E-state index in [1.165, 1.54) is 12.1 Å². The Morgan fingerprint density at radius 2 is 1.90 bits per heavy atom. The summed E-state index contributed by atoms with van der Waals surface area (Å²) in [5.41, 5.74) is 1.72. The van der Waals surface area contributed by atoms with Gasteiger partial charge in [-0.1, -0.05) is 36.4 Å². The van der Waals surface area contributed by atoms with Gasteiger partial charge in [0.1, 0.15) is 0 Å². The monoisotopic (exact) mass is 287 g/mol. The Morgan fingerprint density at radius 3 is 2.60 bits per heavy atom. The molecule has 2 aromatic rings. The summed E-state index contributed by atoms with van der Waals surface area (Å²) in [5, 5.41) is 17.1. The normalized spacial score (nSPS) is 9.80. The number of nitro groups is 1. The lowest BCUT2D eigenvalue weighted by Gasteiger charge is -2.10. The molecule has 0 heterocycles. The maximum Gasteiger partial charge on any atom is 0.271 e. The fraction of sp³-hybridized carbons (Fsp3) is 0.0714. The topological polar surface area (TPSA) is 67.2 Å². The first kappa shape index (κ1) is 14.0. The van der Waals surface area contributed by atoms with Crippen LogP contribution in [0, 0.1) is 10.1 Å². The summed E-state index contributed by atoms with van der Waals surface area (Å²) in [4.78, 5) is 10.2. The van der Waals surface area contributed by atoms with E-state index in [1.807, 2.05) is 30.3 Å². The van der Waals surface area contributed by atoms with Gasteiger partial charge in [-0.15, -0.1) is 0 Å². The molecule has 102 valence electrons. The zero-order valence-corrected chi connectivity index (χ0v) is 11.4. The highest BCUT2D eigenvalue weighted by atomic mass is 32.1. The van der Waals surface area contributed by atoms with E-state index in [4.69, 9.17) is 12.2 Å². The molecule has 0 amide bonds. The summed E-state index contributed by atoms with van der Waals surface area (Å²) < 4.78 is 0. The van der Waals surface area contributed by atoms with Crippen molar-refractivity contribution >= 4 is 28.7 Å². The molecule has 2 aromatic carbocycles. The SMILES string of the molecule is O=[N+]([O-])c1cccc(NC(=S)NCc2ccccc2)c1. The zero-order valence-electron chi connectivity index (χ0n) is 10.6. The maximum absolute atomic E-state index is 10.7. The molecule has 20 heavy (non-hydrogen) atoms. The fourth-order valence-electron chi connectivity index (χ4n) is 1.65. The van der Waals surface area contributed by atoms with Gasteiger partial charge in [-0.3, -0.25) is 10.1 Å². The van der Waals surface area contributed by atoms with E-state index in [2.05, 4.69) is 10.6 Å². The number of hydrogen-bond acceptors (Lipinski definition) is 3. The molecule has 2 rings (SSSR count). The first-order valence-corrected chi connectivity index (χ1v) is 6.39. The highest BCUT2D eigenvalue weighted by Gasteiger charge is 2.06. The molecule has 0 bridgehead atoms. The molecule has 0 spiro atoms. The number of rotatable bonds is 4. The lowest BCUT2D eigenvalue weighted by Crippen LogP contribution is -2.27. The lowest BCUT2D eigenvalue weighted by atomic mass is 10.2. The zero-order chi connectivity index (χ0) is 14.4. The van der Waals surface area contributed by atoms with Gasteiger partial charge in [0.15, 0.2) is 5.11 Å². The third kappa shape index (κ3) is 4.03. The number of benzene rings is 2. The van der Waals surface area contributed by atoms with Crippen molar-refractivity contribution in [3.63, 3.8) is 0 Å². The molecule has 2 N–H and O–H groups in total. The summed E-state index contributed by atoms with van der Waals surface area (Å²) in [5.74, 6) is 0. The van der Waals surface area contributed by atoms with Crippen molar-refractivity contribution < 1.29 is 4.92 Å². The summed E-state index contributed by atoms with van der Waals surface area (Å²) in [7, 11) is 0. The van der Waals surface area contributed by atoms with Crippen molar-refractivity contribution in [1.29, 1.82) is 0 Å². The minimum atomic E-state index is -0.439. The third-order valence-corrected chi connectivity index (χ3v) is 2.86. The standard InChI is InChI=1S/C14H13N3O2S/c18-17(19)13-8-4-7-12(9-13)16-14(20)15-10-11-5-2-1-3-6-11/h1-9H,10H2,(H2,15,16,20). The van der Waals surface area contributed by atoms with Gasteiger partial charge in [0.25, 0.3) is 5.69 Å². The molecule has 0 atom stereocenters. The predicted molar refractivity (Wildman–Crippen MR) is 82.6 cm³/mol. The lowest BCUT2D eigenvalue weighted by molar-refractivity contribution is -0.384. The molecule has 6 heteroatoms. The third-order valence-electron chi connectivity index (χ3n) is 2.61. The second kappa shape index (κ2) is 6.63. The van der Waals surface area contributed by atoms with Crippen molar-refractivity contribution in [1.82, 2.24) is 5.32 Å². The number of thiocarbonyl (C=S) groups is 1. The Kier molecular flexibility index (Phi) is 4.62.